The summed E-state index contributed by atoms with van der Waals surface area (Å²) in [6.07, 6.45) is 3.24. The predicted octanol–water partition coefficient (Wildman–Crippen LogP) is -0.508. The second-order valence-electron chi connectivity index (χ2n) is 1.88. The fraction of sp³-hybridized carbons (Fsp3) is 0. The maximum absolute atomic E-state index is 5.25. The van der Waals surface area contributed by atoms with Crippen LogP contribution in [0.4, 0.5) is 0 Å². The minimum absolute atomic E-state index is 0.762. The molecule has 0 aromatic carbocycles. The summed E-state index contributed by atoms with van der Waals surface area (Å²) in [4.78, 5) is 4.98. The summed E-state index contributed by atoms with van der Waals surface area (Å²) in [6.45, 7) is 0. The van der Waals surface area contributed by atoms with Crippen molar-refractivity contribution in [3.63, 3.8) is 0 Å². The highest BCUT2D eigenvalue weighted by Crippen LogP contribution is 2.11. The Labute approximate surface area is 56.8 Å². The molecule has 0 fully saturated rings. The summed E-state index contributed by atoms with van der Waals surface area (Å²) in [5.74, 6) is 5.25. The summed E-state index contributed by atoms with van der Waals surface area (Å²) in [5, 5.41) is 7.56. The molecule has 0 amide bonds. The van der Waals surface area contributed by atoms with Crippen LogP contribution in [0, 0.1) is 0 Å². The first-order chi connectivity index (χ1) is 4.86. The molecule has 2 heterocycles. The largest absolute Gasteiger partial charge is 0.306 e. The topological polar surface area (TPSA) is 69.6 Å². The van der Waals surface area contributed by atoms with Crippen molar-refractivity contribution in [3.8, 4) is 11.4 Å². The first-order valence-electron chi connectivity index (χ1n) is 2.78. The van der Waals surface area contributed by atoms with Gasteiger partial charge in [0.05, 0.1) is 6.20 Å². The number of nitrogens with zero attached hydrogens (tertiary/aromatic N) is 4. The van der Waals surface area contributed by atoms with Crippen LogP contribution in [0.2, 0.25) is 0 Å². The maximum Gasteiger partial charge on any atom is 0.116 e. The predicted molar refractivity (Wildman–Crippen MR) is 34.6 cm³/mol. The summed E-state index contributed by atoms with van der Waals surface area (Å²) in [7, 11) is 0. The van der Waals surface area contributed by atoms with Crippen molar-refractivity contribution in [2.45, 2.75) is 0 Å². The van der Waals surface area contributed by atoms with Crippen molar-refractivity contribution in [2.24, 2.45) is 0 Å². The summed E-state index contributed by atoms with van der Waals surface area (Å²) >= 11 is 0. The Balaban J connectivity index is 2.75. The van der Waals surface area contributed by atoms with E-state index in [2.05, 4.69) is 15.2 Å². The Morgan fingerprint density at radius 1 is 1.40 bits per heavy atom. The molecule has 0 unspecified atom stereocenters. The van der Waals surface area contributed by atoms with E-state index in [1.54, 1.807) is 18.5 Å². The van der Waals surface area contributed by atoms with E-state index in [1.165, 1.54) is 0 Å². The zero-order chi connectivity index (χ0) is 6.97. The fourth-order valence-corrected chi connectivity index (χ4v) is 0.774. The second-order valence-corrected chi connectivity index (χ2v) is 1.88. The molecule has 0 bridgehead atoms. The smallest absolute Gasteiger partial charge is 0.116 e. The molecule has 2 rings (SSSR count). The average molecular weight is 135 g/mol. The lowest BCUT2D eigenvalue weighted by Gasteiger charge is -1.96. The van der Waals surface area contributed by atoms with Crippen molar-refractivity contribution in [3.05, 3.63) is 18.5 Å². The van der Waals surface area contributed by atoms with Crippen LogP contribution in [-0.4, -0.2) is 20.1 Å². The number of aromatic nitrogens is 4. The number of rotatable bonds is 0. The van der Waals surface area contributed by atoms with E-state index < -0.39 is 0 Å². The monoisotopic (exact) mass is 135 g/mol. The Hall–Kier alpha value is -1.65. The molecular weight excluding hydrogens is 130 g/mol. The highest BCUT2D eigenvalue weighted by molar-refractivity contribution is 5.52. The summed E-state index contributed by atoms with van der Waals surface area (Å²) in [6, 6.07) is 1.78. The standard InChI is InChI=1S/C5H5N5/c6-10-8-3-5-4(9-10)1-2-7-5/h1-3H,6H2. The van der Waals surface area contributed by atoms with Crippen LogP contribution in [0.15, 0.2) is 18.5 Å². The summed E-state index contributed by atoms with van der Waals surface area (Å²) in [5.41, 5.74) is 1.53. The third-order valence-corrected chi connectivity index (χ3v) is 1.22. The van der Waals surface area contributed by atoms with Gasteiger partial charge in [-0.1, -0.05) is 4.91 Å². The third kappa shape index (κ3) is 0.604. The van der Waals surface area contributed by atoms with Crippen molar-refractivity contribution in [2.75, 3.05) is 5.84 Å². The highest BCUT2D eigenvalue weighted by Gasteiger charge is 2.03. The lowest BCUT2D eigenvalue weighted by molar-refractivity contribution is 0.666. The van der Waals surface area contributed by atoms with Gasteiger partial charge in [0.15, 0.2) is 0 Å². The number of hydrogen-bond donors (Lipinski definition) is 1. The van der Waals surface area contributed by atoms with Crippen LogP contribution in [0.1, 0.15) is 0 Å². The van der Waals surface area contributed by atoms with Gasteiger partial charge in [-0.25, -0.2) is 0 Å². The molecule has 2 N–H and O–H groups in total. The van der Waals surface area contributed by atoms with E-state index in [1.807, 2.05) is 0 Å². The first kappa shape index (κ1) is 5.16. The van der Waals surface area contributed by atoms with E-state index >= 15 is 0 Å². The van der Waals surface area contributed by atoms with Gasteiger partial charge in [0, 0.05) is 6.20 Å². The molecular formula is C5H5N5. The third-order valence-electron chi connectivity index (χ3n) is 1.22. The minimum atomic E-state index is 0.762. The van der Waals surface area contributed by atoms with Gasteiger partial charge in [0.1, 0.15) is 11.4 Å². The minimum Gasteiger partial charge on any atom is -0.306 e. The average Bonchev–Trinajstić information content (AvgIpc) is 2.33. The van der Waals surface area contributed by atoms with Gasteiger partial charge in [-0.15, -0.1) is 10.2 Å². The Bertz CT molecular complexity index is 314. The lowest BCUT2D eigenvalue weighted by atomic mass is 10.4. The molecule has 0 atom stereocenters. The lowest BCUT2D eigenvalue weighted by Crippen LogP contribution is -2.17. The van der Waals surface area contributed by atoms with Crippen molar-refractivity contribution >= 4 is 0 Å². The molecule has 0 radical (unpaired) electrons. The molecule has 0 spiro atoms. The van der Waals surface area contributed by atoms with E-state index in [0.29, 0.717) is 0 Å². The number of nitrogen functional groups attached to an aromatic ring is 1. The Morgan fingerprint density at radius 3 is 3.20 bits per heavy atom. The van der Waals surface area contributed by atoms with Crippen molar-refractivity contribution in [1.82, 2.24) is 20.1 Å². The van der Waals surface area contributed by atoms with Crippen molar-refractivity contribution < 1.29 is 0 Å². The van der Waals surface area contributed by atoms with E-state index in [-0.39, 0.29) is 0 Å². The van der Waals surface area contributed by atoms with Crippen LogP contribution in [0.5, 0.6) is 0 Å². The molecule has 2 aliphatic rings. The van der Waals surface area contributed by atoms with Crippen LogP contribution < -0.4 is 5.84 Å². The quantitative estimate of drug-likeness (QED) is 0.494. The van der Waals surface area contributed by atoms with Gasteiger partial charge in [-0.3, -0.25) is 4.98 Å². The highest BCUT2D eigenvalue weighted by atomic mass is 15.6. The molecule has 0 saturated heterocycles. The Morgan fingerprint density at radius 2 is 2.30 bits per heavy atom. The number of nitrogens with two attached hydrogens (primary N) is 1. The van der Waals surface area contributed by atoms with E-state index in [4.69, 9.17) is 5.84 Å². The molecule has 5 nitrogen and oxygen atoms in total. The normalized spacial score (nSPS) is 10.4. The van der Waals surface area contributed by atoms with Crippen molar-refractivity contribution in [1.29, 1.82) is 0 Å². The molecule has 50 valence electrons. The number of hydrogen-bond acceptors (Lipinski definition) is 4. The van der Waals surface area contributed by atoms with Crippen LogP contribution >= 0.6 is 0 Å². The van der Waals surface area contributed by atoms with E-state index in [9.17, 15) is 0 Å². The molecule has 0 aromatic rings. The second kappa shape index (κ2) is 1.66. The maximum atomic E-state index is 5.25. The fourth-order valence-electron chi connectivity index (χ4n) is 0.774. The number of fused-ring (bicyclic) bond motifs is 1. The molecule has 5 heteroatoms. The SMILES string of the molecule is Nn1ncc2nccc-2n1. The molecule has 0 aromatic heterocycles. The zero-order valence-corrected chi connectivity index (χ0v) is 5.10. The van der Waals surface area contributed by atoms with Gasteiger partial charge in [-0.2, -0.15) is 0 Å². The molecule has 0 aliphatic carbocycles. The van der Waals surface area contributed by atoms with Crippen LogP contribution in [0.3, 0.4) is 0 Å². The van der Waals surface area contributed by atoms with Gasteiger partial charge in [-0.05, 0) is 6.07 Å². The van der Waals surface area contributed by atoms with Gasteiger partial charge in [0.25, 0.3) is 0 Å². The van der Waals surface area contributed by atoms with Crippen LogP contribution in [-0.2, 0) is 0 Å². The van der Waals surface area contributed by atoms with E-state index in [0.717, 1.165) is 16.3 Å². The molecule has 2 aliphatic heterocycles. The van der Waals surface area contributed by atoms with Gasteiger partial charge < -0.3 is 5.84 Å². The molecule has 0 saturated carbocycles. The zero-order valence-electron chi connectivity index (χ0n) is 5.10. The Kier molecular flexibility index (Phi) is 0.858. The van der Waals surface area contributed by atoms with Gasteiger partial charge in [0.2, 0.25) is 0 Å². The van der Waals surface area contributed by atoms with Gasteiger partial charge >= 0.3 is 0 Å². The van der Waals surface area contributed by atoms with Crippen LogP contribution in [0.25, 0.3) is 11.4 Å². The molecule has 10 heavy (non-hydrogen) atoms. The summed E-state index contributed by atoms with van der Waals surface area (Å²) < 4.78 is 0. The first-order valence-corrected chi connectivity index (χ1v) is 2.78.